The van der Waals surface area contributed by atoms with Crippen LogP contribution in [0.2, 0.25) is 0 Å². The predicted octanol–water partition coefficient (Wildman–Crippen LogP) is 4.56. The Kier molecular flexibility index (Phi) is 4.58. The van der Waals surface area contributed by atoms with Gasteiger partial charge in [-0.3, -0.25) is 4.18 Å². The van der Waals surface area contributed by atoms with Crippen molar-refractivity contribution in [3.8, 4) is 0 Å². The molecule has 0 bridgehead atoms. The summed E-state index contributed by atoms with van der Waals surface area (Å²) in [6.45, 7) is 1.90. The number of halogens is 3. The van der Waals surface area contributed by atoms with Crippen LogP contribution < -0.4 is 0 Å². The minimum Gasteiger partial charge on any atom is -0.361 e. The molecule has 0 spiro atoms. The van der Waals surface area contributed by atoms with Crippen LogP contribution in [-0.2, 0) is 20.5 Å². The molecule has 2 aromatic carbocycles. The van der Waals surface area contributed by atoms with Crippen LogP contribution in [0.4, 0.5) is 13.2 Å². The molecule has 26 heavy (non-hydrogen) atoms. The lowest BCUT2D eigenvalue weighted by Crippen LogP contribution is -2.12. The fourth-order valence-electron chi connectivity index (χ4n) is 2.85. The van der Waals surface area contributed by atoms with Crippen molar-refractivity contribution >= 4 is 21.0 Å². The van der Waals surface area contributed by atoms with Crippen molar-refractivity contribution in [2.45, 2.75) is 19.2 Å². The summed E-state index contributed by atoms with van der Waals surface area (Å²) in [5, 5.41) is 0.749. The van der Waals surface area contributed by atoms with Gasteiger partial charge in [0.15, 0.2) is 0 Å². The second-order valence-corrected chi connectivity index (χ2v) is 7.64. The van der Waals surface area contributed by atoms with Gasteiger partial charge >= 0.3 is 6.18 Å². The number of fused-ring (bicyclic) bond motifs is 1. The largest absolute Gasteiger partial charge is 0.416 e. The normalized spacial score (nSPS) is 13.9. The molecule has 1 atom stereocenters. The Bertz CT molecular complexity index is 1040. The molecule has 0 fully saturated rings. The molecule has 0 aliphatic rings. The first-order valence-corrected chi connectivity index (χ1v) is 9.50. The number of aromatic nitrogens is 1. The average Bonchev–Trinajstić information content (AvgIpc) is 2.96. The van der Waals surface area contributed by atoms with Gasteiger partial charge in [-0.15, -0.1) is 0 Å². The van der Waals surface area contributed by atoms with Gasteiger partial charge in [0.2, 0.25) is 0 Å². The molecule has 3 rings (SSSR count). The molecule has 1 aromatic heterocycles. The highest BCUT2D eigenvalue weighted by molar-refractivity contribution is 7.86. The van der Waals surface area contributed by atoms with E-state index >= 15 is 0 Å². The van der Waals surface area contributed by atoms with Crippen molar-refractivity contribution in [1.29, 1.82) is 0 Å². The SMILES string of the molecule is Cc1cccc2c(C(OS(C)(=O)=O)c3ccc(C(F)(F)F)cc3)c[nH]c12. The van der Waals surface area contributed by atoms with Gasteiger partial charge in [-0.25, -0.2) is 0 Å². The Morgan fingerprint density at radius 1 is 1.08 bits per heavy atom. The van der Waals surface area contributed by atoms with E-state index in [1.54, 1.807) is 12.3 Å². The maximum Gasteiger partial charge on any atom is 0.416 e. The summed E-state index contributed by atoms with van der Waals surface area (Å²) in [6.07, 6.45) is -3.00. The van der Waals surface area contributed by atoms with E-state index < -0.39 is 28.0 Å². The van der Waals surface area contributed by atoms with Crippen molar-refractivity contribution in [3.63, 3.8) is 0 Å². The fraction of sp³-hybridized carbons (Fsp3) is 0.222. The van der Waals surface area contributed by atoms with Crippen molar-refractivity contribution < 1.29 is 25.8 Å². The number of alkyl halides is 3. The van der Waals surface area contributed by atoms with Crippen molar-refractivity contribution in [1.82, 2.24) is 4.98 Å². The third-order valence-electron chi connectivity index (χ3n) is 4.05. The first-order valence-electron chi connectivity index (χ1n) is 7.68. The van der Waals surface area contributed by atoms with Gasteiger partial charge in [0.25, 0.3) is 10.1 Å². The highest BCUT2D eigenvalue weighted by Gasteiger charge is 2.31. The number of hydrogen-bond acceptors (Lipinski definition) is 3. The number of para-hydroxylation sites is 1. The lowest BCUT2D eigenvalue weighted by atomic mass is 9.99. The van der Waals surface area contributed by atoms with E-state index in [-0.39, 0.29) is 0 Å². The number of aromatic amines is 1. The smallest absolute Gasteiger partial charge is 0.361 e. The van der Waals surface area contributed by atoms with Crippen LogP contribution in [0.3, 0.4) is 0 Å². The monoisotopic (exact) mass is 383 g/mol. The topological polar surface area (TPSA) is 59.2 Å². The molecule has 0 radical (unpaired) electrons. The molecule has 0 aliphatic heterocycles. The molecule has 0 saturated carbocycles. The molecule has 0 aliphatic carbocycles. The van der Waals surface area contributed by atoms with E-state index in [0.717, 1.165) is 34.9 Å². The maximum atomic E-state index is 12.8. The molecular weight excluding hydrogens is 367 g/mol. The molecule has 0 amide bonds. The summed E-state index contributed by atoms with van der Waals surface area (Å²) in [5.74, 6) is 0. The Morgan fingerprint density at radius 3 is 2.31 bits per heavy atom. The zero-order chi connectivity index (χ0) is 19.1. The van der Waals surface area contributed by atoms with E-state index in [2.05, 4.69) is 4.98 Å². The first-order chi connectivity index (χ1) is 12.1. The predicted molar refractivity (Wildman–Crippen MR) is 92.3 cm³/mol. The third kappa shape index (κ3) is 3.76. The molecular formula is C18H16F3NO3S. The van der Waals surface area contributed by atoms with Gasteiger partial charge in [0.05, 0.1) is 11.8 Å². The lowest BCUT2D eigenvalue weighted by Gasteiger charge is -2.17. The van der Waals surface area contributed by atoms with Gasteiger partial charge in [-0.2, -0.15) is 21.6 Å². The Morgan fingerprint density at radius 2 is 1.73 bits per heavy atom. The summed E-state index contributed by atoms with van der Waals surface area (Å²) in [7, 11) is -3.85. The van der Waals surface area contributed by atoms with E-state index in [1.165, 1.54) is 12.1 Å². The van der Waals surface area contributed by atoms with Gasteiger partial charge in [-0.05, 0) is 30.2 Å². The first kappa shape index (κ1) is 18.5. The van der Waals surface area contributed by atoms with Gasteiger partial charge < -0.3 is 4.98 Å². The highest BCUT2D eigenvalue weighted by Crippen LogP contribution is 2.36. The minimum atomic E-state index is -4.47. The molecule has 1 heterocycles. The number of H-pyrrole nitrogens is 1. The van der Waals surface area contributed by atoms with Gasteiger partial charge in [0, 0.05) is 22.7 Å². The Balaban J connectivity index is 2.12. The summed E-state index contributed by atoms with van der Waals surface area (Å²) < 4.78 is 67.0. The molecule has 1 unspecified atom stereocenters. The van der Waals surface area contributed by atoms with Gasteiger partial charge in [0.1, 0.15) is 6.10 Å². The van der Waals surface area contributed by atoms with Crippen molar-refractivity contribution in [2.75, 3.05) is 6.26 Å². The molecule has 0 saturated heterocycles. The lowest BCUT2D eigenvalue weighted by molar-refractivity contribution is -0.137. The number of rotatable bonds is 4. The minimum absolute atomic E-state index is 0.311. The molecule has 4 nitrogen and oxygen atoms in total. The van der Waals surface area contributed by atoms with E-state index in [4.69, 9.17) is 4.18 Å². The molecule has 138 valence electrons. The number of nitrogens with one attached hydrogen (secondary N) is 1. The number of hydrogen-bond donors (Lipinski definition) is 1. The summed E-state index contributed by atoms with van der Waals surface area (Å²) in [5.41, 5.74) is 1.81. The second kappa shape index (κ2) is 6.44. The van der Waals surface area contributed by atoms with Crippen LogP contribution >= 0.6 is 0 Å². The average molecular weight is 383 g/mol. The van der Waals surface area contributed by atoms with Crippen molar-refractivity contribution in [2.24, 2.45) is 0 Å². The van der Waals surface area contributed by atoms with Crippen LogP contribution in [0.1, 0.15) is 28.4 Å². The zero-order valence-corrected chi connectivity index (χ0v) is 14.8. The van der Waals surface area contributed by atoms with Crippen LogP contribution in [0.25, 0.3) is 10.9 Å². The number of aryl methyl sites for hydroxylation is 1. The zero-order valence-electron chi connectivity index (χ0n) is 14.0. The highest BCUT2D eigenvalue weighted by atomic mass is 32.2. The third-order valence-corrected chi connectivity index (χ3v) is 4.59. The summed E-state index contributed by atoms with van der Waals surface area (Å²) in [4.78, 5) is 3.07. The van der Waals surface area contributed by atoms with E-state index in [9.17, 15) is 21.6 Å². The Labute approximate surface area is 148 Å². The number of benzene rings is 2. The maximum absolute atomic E-state index is 12.8. The van der Waals surface area contributed by atoms with Crippen LogP contribution in [0.15, 0.2) is 48.7 Å². The quantitative estimate of drug-likeness (QED) is 0.672. The second-order valence-electron chi connectivity index (χ2n) is 6.04. The van der Waals surface area contributed by atoms with E-state index in [0.29, 0.717) is 11.1 Å². The molecule has 8 heteroatoms. The Hall–Kier alpha value is -2.32. The summed E-state index contributed by atoms with van der Waals surface area (Å²) >= 11 is 0. The van der Waals surface area contributed by atoms with Crippen LogP contribution in [-0.4, -0.2) is 19.7 Å². The van der Waals surface area contributed by atoms with Crippen molar-refractivity contribution in [3.05, 3.63) is 70.9 Å². The fourth-order valence-corrected chi connectivity index (χ4v) is 3.42. The summed E-state index contributed by atoms with van der Waals surface area (Å²) in [6, 6.07) is 9.80. The molecule has 1 N–H and O–H groups in total. The van der Waals surface area contributed by atoms with Gasteiger partial charge in [-0.1, -0.05) is 30.3 Å². The van der Waals surface area contributed by atoms with Crippen LogP contribution in [0, 0.1) is 6.92 Å². The standard InChI is InChI=1S/C18H16F3NO3S/c1-11-4-3-5-14-15(10-22-16(11)14)17(25-26(2,23)24)12-6-8-13(9-7-12)18(19,20)21/h3-10,17,22H,1-2H3. The van der Waals surface area contributed by atoms with Crippen LogP contribution in [0.5, 0.6) is 0 Å². The van der Waals surface area contributed by atoms with E-state index in [1.807, 2.05) is 19.1 Å². The molecule has 3 aromatic rings.